The molecule has 0 spiro atoms. The second-order valence-electron chi connectivity index (χ2n) is 6.11. The fraction of sp³-hybridized carbons (Fsp3) is 0.316. The molecular weight excluding hydrogens is 314 g/mol. The van der Waals surface area contributed by atoms with Crippen molar-refractivity contribution in [1.29, 1.82) is 0 Å². The SMILES string of the molecule is C=C/C(N)=C\C(C)=NCCc1nc2cc(C(=O)N(C)C)ccc2n1C. The van der Waals surface area contributed by atoms with Crippen LogP contribution in [0.25, 0.3) is 11.0 Å². The molecule has 0 unspecified atom stereocenters. The number of hydrogen-bond acceptors (Lipinski definition) is 4. The molecule has 0 saturated heterocycles. The van der Waals surface area contributed by atoms with Gasteiger partial charge in [0.2, 0.25) is 0 Å². The monoisotopic (exact) mass is 339 g/mol. The lowest BCUT2D eigenvalue weighted by Crippen LogP contribution is -2.21. The summed E-state index contributed by atoms with van der Waals surface area (Å²) >= 11 is 0. The molecule has 6 heteroatoms. The van der Waals surface area contributed by atoms with Crippen molar-refractivity contribution in [2.45, 2.75) is 13.3 Å². The molecular formula is C19H25N5O. The smallest absolute Gasteiger partial charge is 0.253 e. The highest BCUT2D eigenvalue weighted by molar-refractivity contribution is 5.97. The summed E-state index contributed by atoms with van der Waals surface area (Å²) in [6.07, 6.45) is 4.10. The Balaban J connectivity index is 2.19. The molecule has 2 rings (SSSR count). The minimum atomic E-state index is -0.0269. The first-order chi connectivity index (χ1) is 11.8. The van der Waals surface area contributed by atoms with Crippen LogP contribution in [-0.2, 0) is 13.5 Å². The topological polar surface area (TPSA) is 76.5 Å². The van der Waals surface area contributed by atoms with Gasteiger partial charge in [0, 0.05) is 51.1 Å². The van der Waals surface area contributed by atoms with Crippen LogP contribution in [0.15, 0.2) is 47.6 Å². The Bertz CT molecular complexity index is 858. The van der Waals surface area contributed by atoms with Gasteiger partial charge in [-0.3, -0.25) is 9.79 Å². The Labute approximate surface area is 148 Å². The number of carbonyl (C=O) groups excluding carboxylic acids is 1. The van der Waals surface area contributed by atoms with Crippen molar-refractivity contribution in [2.75, 3.05) is 20.6 Å². The number of rotatable bonds is 6. The fourth-order valence-electron chi connectivity index (χ4n) is 2.54. The molecule has 1 aromatic carbocycles. The number of benzene rings is 1. The van der Waals surface area contributed by atoms with Crippen LogP contribution in [0.2, 0.25) is 0 Å². The maximum Gasteiger partial charge on any atom is 0.253 e. The van der Waals surface area contributed by atoms with Crippen molar-refractivity contribution in [3.63, 3.8) is 0 Å². The van der Waals surface area contributed by atoms with Crippen molar-refractivity contribution in [1.82, 2.24) is 14.5 Å². The summed E-state index contributed by atoms with van der Waals surface area (Å²) in [6.45, 7) is 6.14. The van der Waals surface area contributed by atoms with Crippen molar-refractivity contribution in [2.24, 2.45) is 17.8 Å². The van der Waals surface area contributed by atoms with Crippen molar-refractivity contribution >= 4 is 22.7 Å². The number of fused-ring (bicyclic) bond motifs is 1. The van der Waals surface area contributed by atoms with Gasteiger partial charge in [-0.2, -0.15) is 0 Å². The molecule has 0 fully saturated rings. The summed E-state index contributed by atoms with van der Waals surface area (Å²) in [5.74, 6) is 0.905. The molecule has 1 aromatic heterocycles. The molecule has 0 aliphatic heterocycles. The summed E-state index contributed by atoms with van der Waals surface area (Å²) in [7, 11) is 5.46. The average molecular weight is 339 g/mol. The van der Waals surface area contributed by atoms with E-state index in [0.717, 1.165) is 22.6 Å². The second kappa shape index (κ2) is 7.79. The van der Waals surface area contributed by atoms with Gasteiger partial charge in [-0.15, -0.1) is 0 Å². The van der Waals surface area contributed by atoms with Crippen molar-refractivity contribution < 1.29 is 4.79 Å². The number of carbonyl (C=O) groups is 1. The van der Waals surface area contributed by atoms with Crippen molar-refractivity contribution in [3.8, 4) is 0 Å². The number of aromatic nitrogens is 2. The number of nitrogens with two attached hydrogens (primary N) is 1. The molecule has 1 heterocycles. The zero-order chi connectivity index (χ0) is 18.6. The van der Waals surface area contributed by atoms with E-state index < -0.39 is 0 Å². The molecule has 0 saturated carbocycles. The Morgan fingerprint density at radius 2 is 2.16 bits per heavy atom. The quantitative estimate of drug-likeness (QED) is 0.648. The Morgan fingerprint density at radius 1 is 1.44 bits per heavy atom. The summed E-state index contributed by atoms with van der Waals surface area (Å²) in [4.78, 5) is 22.8. The van der Waals surface area contributed by atoms with E-state index in [2.05, 4.69) is 16.6 Å². The largest absolute Gasteiger partial charge is 0.399 e. The Hall–Kier alpha value is -2.89. The highest BCUT2D eigenvalue weighted by atomic mass is 16.2. The van der Waals surface area contributed by atoms with Crippen LogP contribution in [-0.4, -0.2) is 46.7 Å². The molecule has 0 aliphatic rings. The molecule has 0 radical (unpaired) electrons. The number of aliphatic imine (C=N–C) groups is 1. The predicted molar refractivity (Wildman–Crippen MR) is 103 cm³/mol. The average Bonchev–Trinajstić information content (AvgIpc) is 2.89. The number of aryl methyl sites for hydroxylation is 1. The molecule has 0 atom stereocenters. The van der Waals surface area contributed by atoms with E-state index in [0.29, 0.717) is 24.2 Å². The summed E-state index contributed by atoms with van der Waals surface area (Å²) < 4.78 is 2.04. The first-order valence-electron chi connectivity index (χ1n) is 8.11. The van der Waals surface area contributed by atoms with Gasteiger partial charge in [0.05, 0.1) is 11.0 Å². The predicted octanol–water partition coefficient (Wildman–Crippen LogP) is 2.31. The highest BCUT2D eigenvalue weighted by Crippen LogP contribution is 2.18. The second-order valence-corrected chi connectivity index (χ2v) is 6.11. The maximum atomic E-state index is 12.1. The van der Waals surface area contributed by atoms with Crippen LogP contribution < -0.4 is 5.73 Å². The lowest BCUT2D eigenvalue weighted by molar-refractivity contribution is 0.0827. The maximum absolute atomic E-state index is 12.1. The van der Waals surface area contributed by atoms with Crippen LogP contribution in [0.1, 0.15) is 23.1 Å². The minimum Gasteiger partial charge on any atom is -0.399 e. The molecule has 2 N–H and O–H groups in total. The van der Waals surface area contributed by atoms with E-state index in [1.807, 2.05) is 36.7 Å². The van der Waals surface area contributed by atoms with E-state index in [1.54, 1.807) is 31.1 Å². The van der Waals surface area contributed by atoms with Gasteiger partial charge in [-0.05, 0) is 37.3 Å². The third kappa shape index (κ3) is 4.35. The zero-order valence-electron chi connectivity index (χ0n) is 15.3. The lowest BCUT2D eigenvalue weighted by Gasteiger charge is -2.09. The number of nitrogens with zero attached hydrogens (tertiary/aromatic N) is 4. The van der Waals surface area contributed by atoms with Gasteiger partial charge in [-0.25, -0.2) is 4.98 Å². The van der Waals surface area contributed by atoms with Gasteiger partial charge in [0.15, 0.2) is 0 Å². The van der Waals surface area contributed by atoms with E-state index in [1.165, 1.54) is 0 Å². The summed E-state index contributed by atoms with van der Waals surface area (Å²) in [5.41, 5.74) is 9.62. The van der Waals surface area contributed by atoms with E-state index in [9.17, 15) is 4.79 Å². The summed E-state index contributed by atoms with van der Waals surface area (Å²) in [6, 6.07) is 5.61. The van der Waals surface area contributed by atoms with Gasteiger partial charge < -0.3 is 15.2 Å². The Morgan fingerprint density at radius 3 is 2.80 bits per heavy atom. The third-order valence-electron chi connectivity index (χ3n) is 3.93. The number of imidazole rings is 1. The van der Waals surface area contributed by atoms with Crippen LogP contribution >= 0.6 is 0 Å². The highest BCUT2D eigenvalue weighted by Gasteiger charge is 2.12. The van der Waals surface area contributed by atoms with Gasteiger partial charge in [0.1, 0.15) is 5.82 Å². The minimum absolute atomic E-state index is 0.0269. The lowest BCUT2D eigenvalue weighted by atomic mass is 10.2. The molecule has 25 heavy (non-hydrogen) atoms. The molecule has 0 aliphatic carbocycles. The fourth-order valence-corrected chi connectivity index (χ4v) is 2.54. The van der Waals surface area contributed by atoms with Gasteiger partial charge >= 0.3 is 0 Å². The van der Waals surface area contributed by atoms with Crippen LogP contribution in [0.3, 0.4) is 0 Å². The first-order valence-corrected chi connectivity index (χ1v) is 8.11. The first kappa shape index (κ1) is 18.4. The molecule has 132 valence electrons. The van der Waals surface area contributed by atoms with Gasteiger partial charge in [0.25, 0.3) is 5.91 Å². The molecule has 0 bridgehead atoms. The number of amides is 1. The summed E-state index contributed by atoms with van der Waals surface area (Å²) in [5, 5.41) is 0. The van der Waals surface area contributed by atoms with Crippen LogP contribution in [0.5, 0.6) is 0 Å². The van der Waals surface area contributed by atoms with E-state index >= 15 is 0 Å². The normalized spacial score (nSPS) is 12.5. The molecule has 1 amide bonds. The van der Waals surface area contributed by atoms with E-state index in [-0.39, 0.29) is 5.91 Å². The standard InChI is InChI=1S/C19H25N5O/c1-6-15(20)11-13(2)21-10-9-18-22-16-12-14(19(25)23(3)4)7-8-17(16)24(18)5/h6-8,11-12H,1,9-10,20H2,2-5H3/b15-11+,21-13?. The van der Waals surface area contributed by atoms with Crippen LogP contribution in [0.4, 0.5) is 0 Å². The molecule has 6 nitrogen and oxygen atoms in total. The zero-order valence-corrected chi connectivity index (χ0v) is 15.3. The van der Waals surface area contributed by atoms with Gasteiger partial charge in [-0.1, -0.05) is 6.58 Å². The molecule has 2 aromatic rings. The third-order valence-corrected chi connectivity index (χ3v) is 3.93. The number of allylic oxidation sites excluding steroid dienone is 2. The van der Waals surface area contributed by atoms with E-state index in [4.69, 9.17) is 5.73 Å². The van der Waals surface area contributed by atoms with Crippen molar-refractivity contribution in [3.05, 3.63) is 54.0 Å². The van der Waals surface area contributed by atoms with Crippen LogP contribution in [0, 0.1) is 0 Å². The Kier molecular flexibility index (Phi) is 5.75. The number of hydrogen-bond donors (Lipinski definition) is 1.